The molecule has 5 heteroatoms. The highest BCUT2D eigenvalue weighted by molar-refractivity contribution is 5.71. The predicted molar refractivity (Wildman–Crippen MR) is 72.1 cm³/mol. The van der Waals surface area contributed by atoms with Gasteiger partial charge >= 0.3 is 0 Å². The molecule has 0 fully saturated rings. The first kappa shape index (κ1) is 12.3. The summed E-state index contributed by atoms with van der Waals surface area (Å²) in [6.07, 6.45) is 0. The fraction of sp³-hybridized carbons (Fsp3) is 0.231. The summed E-state index contributed by atoms with van der Waals surface area (Å²) < 4.78 is 0. The minimum absolute atomic E-state index is 0.0156. The molecule has 1 atom stereocenters. The Morgan fingerprint density at radius 3 is 2.61 bits per heavy atom. The normalized spacial score (nSPS) is 12.6. The zero-order chi connectivity index (χ0) is 13.3. The van der Waals surface area contributed by atoms with Crippen molar-refractivity contribution in [2.24, 2.45) is 5.73 Å². The Balaban J connectivity index is 2.20. The first-order valence-corrected chi connectivity index (χ1v) is 5.68. The van der Waals surface area contributed by atoms with Crippen LogP contribution in [0.4, 0.5) is 11.4 Å². The van der Waals surface area contributed by atoms with Crippen molar-refractivity contribution in [1.82, 2.24) is 0 Å². The van der Waals surface area contributed by atoms with E-state index in [9.17, 15) is 9.59 Å². The maximum atomic E-state index is 11.3. The molecule has 1 unspecified atom stereocenters. The lowest BCUT2D eigenvalue weighted by Crippen LogP contribution is -2.37. The van der Waals surface area contributed by atoms with Gasteiger partial charge in [-0.3, -0.25) is 9.59 Å². The third-order valence-corrected chi connectivity index (χ3v) is 2.99. The van der Waals surface area contributed by atoms with Gasteiger partial charge in [0.1, 0.15) is 11.4 Å². The Morgan fingerprint density at radius 1 is 1.28 bits per heavy atom. The zero-order valence-electron chi connectivity index (χ0n) is 10.1. The highest BCUT2D eigenvalue weighted by Crippen LogP contribution is 2.21. The molecular weight excluding hydrogens is 230 g/mol. The highest BCUT2D eigenvalue weighted by atomic mass is 16.2. The smallest absolute Gasteiger partial charge is 0.253 e. The van der Waals surface area contributed by atoms with Crippen molar-refractivity contribution in [3.63, 3.8) is 0 Å². The van der Waals surface area contributed by atoms with Crippen LogP contribution in [-0.4, -0.2) is 0 Å². The molecule has 5 N–H and O–H groups in total. The molecule has 0 spiro atoms. The zero-order valence-corrected chi connectivity index (χ0v) is 10.1. The van der Waals surface area contributed by atoms with E-state index in [4.69, 9.17) is 11.5 Å². The van der Waals surface area contributed by atoms with Crippen LogP contribution in [0.5, 0.6) is 0 Å². The van der Waals surface area contributed by atoms with Crippen LogP contribution in [0, 0.1) is 0 Å². The second-order valence-corrected chi connectivity index (χ2v) is 4.26. The molecule has 0 radical (unpaired) electrons. The number of benzene rings is 1. The Morgan fingerprint density at radius 2 is 2.00 bits per heavy atom. The van der Waals surface area contributed by atoms with Crippen LogP contribution in [0.3, 0.4) is 0 Å². The van der Waals surface area contributed by atoms with Crippen molar-refractivity contribution in [3.05, 3.63) is 55.8 Å². The van der Waals surface area contributed by atoms with Gasteiger partial charge in [0.2, 0.25) is 0 Å². The summed E-state index contributed by atoms with van der Waals surface area (Å²) in [7, 11) is 0. The molecule has 2 aromatic rings. The summed E-state index contributed by atoms with van der Waals surface area (Å²) in [5.41, 5.74) is 12.1. The van der Waals surface area contributed by atoms with Crippen LogP contribution in [0.1, 0.15) is 24.1 Å². The van der Waals surface area contributed by atoms with Crippen LogP contribution in [0.15, 0.2) is 33.9 Å². The lowest BCUT2D eigenvalue weighted by molar-refractivity contribution is 0.874. The number of anilines is 2. The average molecular weight is 245 g/mol. The van der Waals surface area contributed by atoms with Gasteiger partial charge in [0.15, 0.2) is 0 Å². The maximum absolute atomic E-state index is 11.3. The van der Waals surface area contributed by atoms with Crippen molar-refractivity contribution in [2.45, 2.75) is 19.5 Å². The first-order valence-electron chi connectivity index (χ1n) is 5.68. The van der Waals surface area contributed by atoms with Gasteiger partial charge in [-0.05, 0) is 18.1 Å². The monoisotopic (exact) mass is 245 g/mol. The Kier molecular flexibility index (Phi) is 3.16. The number of nitrogens with two attached hydrogens (primary N) is 2. The van der Waals surface area contributed by atoms with E-state index in [1.807, 2.05) is 31.2 Å². The summed E-state index contributed by atoms with van der Waals surface area (Å²) in [4.78, 5) is 22.3. The van der Waals surface area contributed by atoms with E-state index < -0.39 is 10.9 Å². The van der Waals surface area contributed by atoms with Crippen LogP contribution in [-0.2, 0) is 6.54 Å². The molecule has 0 bridgehead atoms. The maximum Gasteiger partial charge on any atom is 0.253 e. The number of rotatable bonds is 4. The Hall–Kier alpha value is -2.14. The van der Waals surface area contributed by atoms with Gasteiger partial charge in [0.25, 0.3) is 10.9 Å². The summed E-state index contributed by atoms with van der Waals surface area (Å²) in [6, 6.07) is 7.61. The molecule has 0 amide bonds. The van der Waals surface area contributed by atoms with E-state index in [-0.39, 0.29) is 17.4 Å². The van der Waals surface area contributed by atoms with Crippen LogP contribution in [0.25, 0.3) is 0 Å². The molecule has 0 saturated heterocycles. The number of hydrogen-bond acceptors (Lipinski definition) is 5. The standard InChI is InChI=1S/C13H15N3O2/c1-7(9-4-2-3-8(5-9)6-14)16-11-10(15)12(17)13(11)18/h2-5,7,16H,6,14-15H2,1H3. The quantitative estimate of drug-likeness (QED) is 0.681. The van der Waals surface area contributed by atoms with Gasteiger partial charge in [0, 0.05) is 12.6 Å². The van der Waals surface area contributed by atoms with E-state index >= 15 is 0 Å². The van der Waals surface area contributed by atoms with Crippen LogP contribution < -0.4 is 27.6 Å². The van der Waals surface area contributed by atoms with Crippen molar-refractivity contribution < 1.29 is 0 Å². The summed E-state index contributed by atoms with van der Waals surface area (Å²) in [5, 5.41) is 2.96. The largest absolute Gasteiger partial charge is 0.394 e. The molecule has 0 heterocycles. The van der Waals surface area contributed by atoms with Gasteiger partial charge < -0.3 is 16.8 Å². The minimum Gasteiger partial charge on any atom is -0.394 e. The van der Waals surface area contributed by atoms with Gasteiger partial charge in [-0.1, -0.05) is 24.3 Å². The molecule has 0 aromatic heterocycles. The SMILES string of the molecule is CC(Nc1c(N)c(=O)c1=O)c1cccc(CN)c1. The number of hydrogen-bond donors (Lipinski definition) is 3. The number of nitrogen functional groups attached to an aromatic ring is 1. The predicted octanol–water partition coefficient (Wildman–Crippen LogP) is 0.497. The number of nitrogens with one attached hydrogen (secondary N) is 1. The second-order valence-electron chi connectivity index (χ2n) is 4.26. The van der Waals surface area contributed by atoms with E-state index in [1.54, 1.807) is 0 Å². The average Bonchev–Trinajstić information content (AvgIpc) is 2.43. The van der Waals surface area contributed by atoms with Gasteiger partial charge in [-0.15, -0.1) is 0 Å². The lowest BCUT2D eigenvalue weighted by Gasteiger charge is -2.18. The van der Waals surface area contributed by atoms with Gasteiger partial charge in [0.05, 0.1) is 0 Å². The highest BCUT2D eigenvalue weighted by Gasteiger charge is 2.19. The fourth-order valence-corrected chi connectivity index (χ4v) is 1.84. The molecular formula is C13H15N3O2. The molecule has 18 heavy (non-hydrogen) atoms. The summed E-state index contributed by atoms with van der Waals surface area (Å²) in [5.74, 6) is 0. The molecule has 2 rings (SSSR count). The van der Waals surface area contributed by atoms with Crippen molar-refractivity contribution in [2.75, 3.05) is 11.1 Å². The lowest BCUT2D eigenvalue weighted by atomic mass is 10.0. The van der Waals surface area contributed by atoms with E-state index in [0.29, 0.717) is 6.54 Å². The van der Waals surface area contributed by atoms with Crippen molar-refractivity contribution in [1.29, 1.82) is 0 Å². The molecule has 0 aliphatic rings. The topological polar surface area (TPSA) is 98.2 Å². The fourth-order valence-electron chi connectivity index (χ4n) is 1.84. The minimum atomic E-state index is -0.611. The van der Waals surface area contributed by atoms with E-state index in [2.05, 4.69) is 5.32 Å². The Labute approximate surface area is 104 Å². The molecule has 5 nitrogen and oxygen atoms in total. The van der Waals surface area contributed by atoms with Crippen LogP contribution in [0.2, 0.25) is 0 Å². The van der Waals surface area contributed by atoms with Crippen molar-refractivity contribution >= 4 is 11.4 Å². The second kappa shape index (κ2) is 4.62. The van der Waals surface area contributed by atoms with E-state index in [0.717, 1.165) is 11.1 Å². The van der Waals surface area contributed by atoms with Crippen molar-refractivity contribution in [3.8, 4) is 0 Å². The molecule has 0 aliphatic heterocycles. The molecule has 94 valence electrons. The molecule has 2 aromatic carbocycles. The van der Waals surface area contributed by atoms with E-state index in [1.165, 1.54) is 0 Å². The molecule has 0 aliphatic carbocycles. The van der Waals surface area contributed by atoms with Gasteiger partial charge in [-0.2, -0.15) is 0 Å². The third kappa shape index (κ3) is 2.00. The first-order chi connectivity index (χ1) is 8.54. The summed E-state index contributed by atoms with van der Waals surface area (Å²) >= 11 is 0. The summed E-state index contributed by atoms with van der Waals surface area (Å²) in [6.45, 7) is 2.36. The third-order valence-electron chi connectivity index (χ3n) is 2.99. The Bertz CT molecular complexity index is 642. The van der Waals surface area contributed by atoms with Crippen LogP contribution >= 0.6 is 0 Å². The van der Waals surface area contributed by atoms with Gasteiger partial charge in [-0.25, -0.2) is 0 Å². The molecule has 0 saturated carbocycles.